The first kappa shape index (κ1) is 14.8. The van der Waals surface area contributed by atoms with Crippen LogP contribution in [0.15, 0.2) is 28.0 Å². The highest BCUT2D eigenvalue weighted by atomic mass is 32.2. The highest BCUT2D eigenvalue weighted by Crippen LogP contribution is 2.45. The van der Waals surface area contributed by atoms with E-state index in [-0.39, 0.29) is 0 Å². The molecule has 1 aliphatic carbocycles. The zero-order chi connectivity index (χ0) is 13.9. The van der Waals surface area contributed by atoms with Gasteiger partial charge in [0.25, 0.3) is 0 Å². The Balaban J connectivity index is 2.56. The first-order valence-corrected chi connectivity index (χ1v) is 9.05. The Bertz CT molecular complexity index is 465. The molecular formula is C15H20O2S2. The van der Waals surface area contributed by atoms with Gasteiger partial charge in [0.1, 0.15) is 0 Å². The summed E-state index contributed by atoms with van der Waals surface area (Å²) in [6, 6.07) is 6.10. The molecule has 0 bridgehead atoms. The van der Waals surface area contributed by atoms with Crippen molar-refractivity contribution >= 4 is 29.5 Å². The summed E-state index contributed by atoms with van der Waals surface area (Å²) >= 11 is 3.37. The van der Waals surface area contributed by atoms with Gasteiger partial charge in [-0.25, -0.2) is 0 Å². The van der Waals surface area contributed by atoms with E-state index in [0.29, 0.717) is 0 Å². The van der Waals surface area contributed by atoms with Gasteiger partial charge in [-0.05, 0) is 37.0 Å². The molecule has 0 aliphatic heterocycles. The van der Waals surface area contributed by atoms with Gasteiger partial charge in [-0.2, -0.15) is 0 Å². The molecule has 1 fully saturated rings. The van der Waals surface area contributed by atoms with Gasteiger partial charge in [0.15, 0.2) is 0 Å². The molecule has 2 nitrogen and oxygen atoms in total. The third kappa shape index (κ3) is 2.65. The minimum atomic E-state index is -0.664. The lowest BCUT2D eigenvalue weighted by Crippen LogP contribution is -2.38. The van der Waals surface area contributed by atoms with Crippen LogP contribution in [0, 0.1) is 0 Å². The number of thioether (sulfide) groups is 2. The third-order valence-corrected chi connectivity index (χ3v) is 5.79. The first-order chi connectivity index (χ1) is 9.15. The van der Waals surface area contributed by atoms with Gasteiger partial charge in [0.2, 0.25) is 0 Å². The number of rotatable bonds is 4. The third-order valence-electron chi connectivity index (χ3n) is 4.04. The molecule has 1 saturated carbocycles. The van der Waals surface area contributed by atoms with Crippen molar-refractivity contribution in [3.05, 3.63) is 23.8 Å². The second kappa shape index (κ2) is 6.23. The lowest BCUT2D eigenvalue weighted by Gasteiger charge is -2.35. The normalized spacial score (nSPS) is 18.2. The van der Waals surface area contributed by atoms with Crippen LogP contribution in [0.2, 0.25) is 0 Å². The minimum Gasteiger partial charge on any atom is -0.481 e. The van der Waals surface area contributed by atoms with E-state index >= 15 is 0 Å². The lowest BCUT2D eigenvalue weighted by molar-refractivity contribution is -0.145. The minimum absolute atomic E-state index is 0.652. The maximum absolute atomic E-state index is 11.9. The highest BCUT2D eigenvalue weighted by Gasteiger charge is 2.42. The van der Waals surface area contributed by atoms with E-state index in [1.807, 2.05) is 24.6 Å². The molecular weight excluding hydrogens is 276 g/mol. The zero-order valence-electron chi connectivity index (χ0n) is 11.4. The Morgan fingerprint density at radius 2 is 1.84 bits per heavy atom. The number of carboxylic acid groups (broad SMARTS) is 1. The number of carboxylic acids is 1. The van der Waals surface area contributed by atoms with E-state index in [1.54, 1.807) is 23.5 Å². The average Bonchev–Trinajstić information content (AvgIpc) is 2.46. The molecule has 1 aliphatic rings. The highest BCUT2D eigenvalue weighted by molar-refractivity contribution is 8.01. The fraction of sp³-hybridized carbons (Fsp3) is 0.533. The maximum Gasteiger partial charge on any atom is 0.314 e. The van der Waals surface area contributed by atoms with Crippen LogP contribution in [-0.2, 0) is 10.2 Å². The summed E-state index contributed by atoms with van der Waals surface area (Å²) in [5.41, 5.74) is 0.363. The van der Waals surface area contributed by atoms with Gasteiger partial charge in [-0.15, -0.1) is 23.5 Å². The molecule has 0 aromatic heterocycles. The smallest absolute Gasteiger partial charge is 0.314 e. The summed E-state index contributed by atoms with van der Waals surface area (Å²) in [6.07, 6.45) is 8.82. The van der Waals surface area contributed by atoms with Crippen molar-refractivity contribution in [3.8, 4) is 0 Å². The van der Waals surface area contributed by atoms with E-state index in [1.165, 1.54) is 4.90 Å². The Morgan fingerprint density at radius 1 is 1.16 bits per heavy atom. The molecule has 0 spiro atoms. The maximum atomic E-state index is 11.9. The molecule has 0 heterocycles. The first-order valence-electron chi connectivity index (χ1n) is 6.60. The summed E-state index contributed by atoms with van der Waals surface area (Å²) in [5.74, 6) is -0.652. The van der Waals surface area contributed by atoms with Crippen LogP contribution < -0.4 is 0 Å². The van der Waals surface area contributed by atoms with Crippen molar-refractivity contribution in [2.75, 3.05) is 12.5 Å². The second-order valence-electron chi connectivity index (χ2n) is 4.99. The Kier molecular flexibility index (Phi) is 4.85. The summed E-state index contributed by atoms with van der Waals surface area (Å²) in [6.45, 7) is 0. The molecule has 1 N–H and O–H groups in total. The Hall–Kier alpha value is -0.610. The Labute approximate surface area is 123 Å². The van der Waals surface area contributed by atoms with E-state index < -0.39 is 11.4 Å². The fourth-order valence-corrected chi connectivity index (χ4v) is 4.78. The van der Waals surface area contributed by atoms with Gasteiger partial charge in [0.05, 0.1) is 5.41 Å². The molecule has 0 amide bonds. The van der Waals surface area contributed by atoms with Crippen molar-refractivity contribution in [2.24, 2.45) is 0 Å². The zero-order valence-corrected chi connectivity index (χ0v) is 13.1. The van der Waals surface area contributed by atoms with Crippen LogP contribution in [0.5, 0.6) is 0 Å². The SMILES string of the molecule is CSc1cccc(C2(C(=O)O)CCCCC2)c1SC. The molecule has 19 heavy (non-hydrogen) atoms. The standard InChI is InChI=1S/C15H20O2S2/c1-18-12-8-6-7-11(13(12)19-2)15(14(16)17)9-4-3-5-10-15/h6-8H,3-5,9-10H2,1-2H3,(H,16,17). The van der Waals surface area contributed by atoms with Gasteiger partial charge >= 0.3 is 5.97 Å². The van der Waals surface area contributed by atoms with Crippen LogP contribution in [0.4, 0.5) is 0 Å². The van der Waals surface area contributed by atoms with Crippen molar-refractivity contribution < 1.29 is 9.90 Å². The van der Waals surface area contributed by atoms with Gasteiger partial charge in [-0.3, -0.25) is 4.79 Å². The molecule has 0 unspecified atom stereocenters. The monoisotopic (exact) mass is 296 g/mol. The van der Waals surface area contributed by atoms with Crippen molar-refractivity contribution in [1.29, 1.82) is 0 Å². The van der Waals surface area contributed by atoms with Crippen molar-refractivity contribution in [3.63, 3.8) is 0 Å². The molecule has 0 radical (unpaired) electrons. The van der Waals surface area contributed by atoms with Crippen LogP contribution in [0.1, 0.15) is 37.7 Å². The van der Waals surface area contributed by atoms with E-state index in [2.05, 4.69) is 6.07 Å². The van der Waals surface area contributed by atoms with Crippen LogP contribution in [0.3, 0.4) is 0 Å². The van der Waals surface area contributed by atoms with Crippen molar-refractivity contribution in [2.45, 2.75) is 47.3 Å². The molecule has 0 atom stereocenters. The topological polar surface area (TPSA) is 37.3 Å². The predicted molar refractivity (Wildman–Crippen MR) is 82.4 cm³/mol. The molecule has 1 aromatic carbocycles. The van der Waals surface area contributed by atoms with E-state index in [4.69, 9.17) is 0 Å². The molecule has 104 valence electrons. The second-order valence-corrected chi connectivity index (χ2v) is 6.65. The van der Waals surface area contributed by atoms with Crippen molar-refractivity contribution in [1.82, 2.24) is 0 Å². The van der Waals surface area contributed by atoms with E-state index in [0.717, 1.165) is 42.6 Å². The number of hydrogen-bond acceptors (Lipinski definition) is 3. The summed E-state index contributed by atoms with van der Waals surface area (Å²) in [4.78, 5) is 14.3. The molecule has 2 rings (SSSR count). The Morgan fingerprint density at radius 3 is 2.37 bits per heavy atom. The molecule has 1 aromatic rings. The summed E-state index contributed by atoms with van der Waals surface area (Å²) in [5, 5.41) is 9.81. The quantitative estimate of drug-likeness (QED) is 0.835. The summed E-state index contributed by atoms with van der Waals surface area (Å²) in [7, 11) is 0. The average molecular weight is 296 g/mol. The van der Waals surface area contributed by atoms with Gasteiger partial charge in [0, 0.05) is 9.79 Å². The van der Waals surface area contributed by atoms with Gasteiger partial charge in [-0.1, -0.05) is 31.4 Å². The predicted octanol–water partition coefficient (Wildman–Crippen LogP) is 4.42. The van der Waals surface area contributed by atoms with Crippen LogP contribution in [0.25, 0.3) is 0 Å². The summed E-state index contributed by atoms with van der Waals surface area (Å²) < 4.78 is 0. The lowest BCUT2D eigenvalue weighted by atomic mass is 9.69. The molecule has 4 heteroatoms. The number of benzene rings is 1. The van der Waals surface area contributed by atoms with Crippen LogP contribution >= 0.6 is 23.5 Å². The number of aliphatic carboxylic acids is 1. The van der Waals surface area contributed by atoms with Crippen LogP contribution in [-0.4, -0.2) is 23.6 Å². The number of carbonyl (C=O) groups is 1. The molecule has 0 saturated heterocycles. The van der Waals surface area contributed by atoms with Gasteiger partial charge < -0.3 is 5.11 Å². The van der Waals surface area contributed by atoms with E-state index in [9.17, 15) is 9.90 Å². The number of hydrogen-bond donors (Lipinski definition) is 1. The fourth-order valence-electron chi connectivity index (χ4n) is 3.02. The largest absolute Gasteiger partial charge is 0.481 e.